The lowest BCUT2D eigenvalue weighted by Crippen LogP contribution is -2.46. The molecule has 0 aromatic heterocycles. The first kappa shape index (κ1) is 23.3. The van der Waals surface area contributed by atoms with Gasteiger partial charge in [0.15, 0.2) is 0 Å². The van der Waals surface area contributed by atoms with Crippen molar-refractivity contribution in [3.8, 4) is 0 Å². The molecule has 0 atom stereocenters. The fourth-order valence-electron chi connectivity index (χ4n) is 5.33. The molecule has 4 amide bonds. The molecule has 2 aromatic rings. The number of likely N-dealkylation sites (tertiary alicyclic amines) is 2. The standard InChI is InChI=1S/C28H31N3O4/c1-19-9-13-29(14-10-19)25(32)21-11-15-30(16-12-21)26(33)22-7-8-23-24(17-22)28(35)31(27(23)34)18-20-5-3-2-4-6-20/h2-8,17,19,21H,9-16,18H2,1H3. The molecule has 3 aliphatic rings. The number of piperidine rings is 2. The Bertz CT molecular complexity index is 1150. The SMILES string of the molecule is CC1CCN(C(=O)C2CCN(C(=O)c3ccc4c(c3)C(=O)N(Cc3ccccc3)C4=O)CC2)CC1. The van der Waals surface area contributed by atoms with Gasteiger partial charge in [0.2, 0.25) is 5.91 Å². The van der Waals surface area contributed by atoms with Crippen LogP contribution in [0.1, 0.15) is 69.2 Å². The third kappa shape index (κ3) is 4.59. The smallest absolute Gasteiger partial charge is 0.261 e. The summed E-state index contributed by atoms with van der Waals surface area (Å²) < 4.78 is 0. The first-order valence-electron chi connectivity index (χ1n) is 12.5. The predicted octanol–water partition coefficient (Wildman–Crippen LogP) is 3.59. The first-order valence-corrected chi connectivity index (χ1v) is 12.5. The molecule has 0 N–H and O–H groups in total. The van der Waals surface area contributed by atoms with Crippen molar-refractivity contribution in [2.24, 2.45) is 11.8 Å². The maximum atomic E-state index is 13.2. The highest BCUT2D eigenvalue weighted by atomic mass is 16.2. The van der Waals surface area contributed by atoms with Crippen molar-refractivity contribution in [3.63, 3.8) is 0 Å². The molecule has 0 saturated carbocycles. The maximum Gasteiger partial charge on any atom is 0.261 e. The van der Waals surface area contributed by atoms with Gasteiger partial charge >= 0.3 is 0 Å². The van der Waals surface area contributed by atoms with Crippen molar-refractivity contribution in [3.05, 3.63) is 70.8 Å². The normalized spacial score (nSPS) is 19.3. The number of nitrogens with zero attached hydrogens (tertiary/aromatic N) is 3. The first-order chi connectivity index (χ1) is 16.9. The van der Waals surface area contributed by atoms with E-state index in [0.717, 1.165) is 31.5 Å². The summed E-state index contributed by atoms with van der Waals surface area (Å²) in [5.41, 5.74) is 1.89. The monoisotopic (exact) mass is 473 g/mol. The molecule has 7 nitrogen and oxygen atoms in total. The van der Waals surface area contributed by atoms with Gasteiger partial charge in [0.1, 0.15) is 0 Å². The number of hydrogen-bond acceptors (Lipinski definition) is 4. The number of amides is 4. The van der Waals surface area contributed by atoms with Crippen molar-refractivity contribution in [1.82, 2.24) is 14.7 Å². The molecule has 3 aliphatic heterocycles. The van der Waals surface area contributed by atoms with E-state index in [1.54, 1.807) is 23.1 Å². The second-order valence-electron chi connectivity index (χ2n) is 10.0. The molecular formula is C28H31N3O4. The maximum absolute atomic E-state index is 13.2. The number of rotatable bonds is 4. The van der Waals surface area contributed by atoms with E-state index in [4.69, 9.17) is 0 Å². The van der Waals surface area contributed by atoms with Crippen LogP contribution < -0.4 is 0 Å². The number of carbonyl (C=O) groups is 4. The lowest BCUT2D eigenvalue weighted by molar-refractivity contribution is -0.138. The fraction of sp³-hybridized carbons (Fsp3) is 0.429. The number of imide groups is 1. The Balaban J connectivity index is 1.22. The molecule has 0 bridgehead atoms. The molecule has 0 radical (unpaired) electrons. The lowest BCUT2D eigenvalue weighted by Gasteiger charge is -2.36. The quantitative estimate of drug-likeness (QED) is 0.636. The Morgan fingerprint density at radius 1 is 0.800 bits per heavy atom. The Kier molecular flexibility index (Phi) is 6.41. The van der Waals surface area contributed by atoms with Crippen LogP contribution in [0, 0.1) is 11.8 Å². The summed E-state index contributed by atoms with van der Waals surface area (Å²) in [7, 11) is 0. The third-order valence-electron chi connectivity index (χ3n) is 7.63. The van der Waals surface area contributed by atoms with Crippen LogP contribution in [0.15, 0.2) is 48.5 Å². The van der Waals surface area contributed by atoms with Gasteiger partial charge in [-0.25, -0.2) is 0 Å². The number of benzene rings is 2. The van der Waals surface area contributed by atoms with E-state index in [1.807, 2.05) is 35.2 Å². The molecule has 5 rings (SSSR count). The Morgan fingerprint density at radius 3 is 2.11 bits per heavy atom. The van der Waals surface area contributed by atoms with Gasteiger partial charge in [-0.1, -0.05) is 37.3 Å². The van der Waals surface area contributed by atoms with Crippen molar-refractivity contribution >= 4 is 23.6 Å². The van der Waals surface area contributed by atoms with Crippen LogP contribution in [0.2, 0.25) is 0 Å². The van der Waals surface area contributed by atoms with Crippen LogP contribution in [-0.2, 0) is 11.3 Å². The summed E-state index contributed by atoms with van der Waals surface area (Å²) in [6.07, 6.45) is 3.43. The van der Waals surface area contributed by atoms with Crippen LogP contribution >= 0.6 is 0 Å². The van der Waals surface area contributed by atoms with Crippen LogP contribution in [0.5, 0.6) is 0 Å². The molecular weight excluding hydrogens is 442 g/mol. The molecule has 7 heteroatoms. The summed E-state index contributed by atoms with van der Waals surface area (Å²) in [6, 6.07) is 14.1. The van der Waals surface area contributed by atoms with E-state index < -0.39 is 0 Å². The Hall–Kier alpha value is -3.48. The van der Waals surface area contributed by atoms with Gasteiger partial charge in [-0.3, -0.25) is 24.1 Å². The second-order valence-corrected chi connectivity index (χ2v) is 10.0. The van der Waals surface area contributed by atoms with Gasteiger partial charge in [-0.05, 0) is 55.4 Å². The van der Waals surface area contributed by atoms with Crippen LogP contribution in [0.25, 0.3) is 0 Å². The Labute approximate surface area is 205 Å². The van der Waals surface area contributed by atoms with E-state index in [9.17, 15) is 19.2 Å². The minimum absolute atomic E-state index is 0.0294. The lowest BCUT2D eigenvalue weighted by atomic mass is 9.92. The molecule has 0 spiro atoms. The van der Waals surface area contributed by atoms with E-state index >= 15 is 0 Å². The fourth-order valence-corrected chi connectivity index (χ4v) is 5.33. The van der Waals surface area contributed by atoms with E-state index in [-0.39, 0.29) is 41.7 Å². The topological polar surface area (TPSA) is 78.0 Å². The van der Waals surface area contributed by atoms with Gasteiger partial charge in [0, 0.05) is 37.7 Å². The average Bonchev–Trinajstić information content (AvgIpc) is 3.13. The zero-order chi connectivity index (χ0) is 24.5. The molecule has 35 heavy (non-hydrogen) atoms. The summed E-state index contributed by atoms with van der Waals surface area (Å²) in [6.45, 7) is 5.14. The van der Waals surface area contributed by atoms with Crippen LogP contribution in [-0.4, -0.2) is 64.5 Å². The third-order valence-corrected chi connectivity index (χ3v) is 7.63. The summed E-state index contributed by atoms with van der Waals surface area (Å²) in [4.78, 5) is 56.9. The van der Waals surface area contributed by atoms with Crippen LogP contribution in [0.3, 0.4) is 0 Å². The van der Waals surface area contributed by atoms with Crippen molar-refractivity contribution in [2.75, 3.05) is 26.2 Å². The highest BCUT2D eigenvalue weighted by molar-refractivity contribution is 6.22. The van der Waals surface area contributed by atoms with Gasteiger partial charge in [-0.15, -0.1) is 0 Å². The van der Waals surface area contributed by atoms with Crippen molar-refractivity contribution in [1.29, 1.82) is 0 Å². The van der Waals surface area contributed by atoms with E-state index in [2.05, 4.69) is 6.92 Å². The molecule has 0 aliphatic carbocycles. The molecule has 2 fully saturated rings. The van der Waals surface area contributed by atoms with Crippen molar-refractivity contribution < 1.29 is 19.2 Å². The molecule has 3 heterocycles. The Morgan fingerprint density at radius 2 is 1.43 bits per heavy atom. The summed E-state index contributed by atoms with van der Waals surface area (Å²) in [5, 5.41) is 0. The minimum atomic E-state index is -0.372. The van der Waals surface area contributed by atoms with Crippen molar-refractivity contribution in [2.45, 2.75) is 39.2 Å². The largest absolute Gasteiger partial charge is 0.342 e. The van der Waals surface area contributed by atoms with Crippen LogP contribution in [0.4, 0.5) is 0 Å². The van der Waals surface area contributed by atoms with Gasteiger partial charge in [0.05, 0.1) is 17.7 Å². The molecule has 182 valence electrons. The molecule has 0 unspecified atom stereocenters. The predicted molar refractivity (Wildman–Crippen MR) is 131 cm³/mol. The highest BCUT2D eigenvalue weighted by Gasteiger charge is 2.37. The number of hydrogen-bond donors (Lipinski definition) is 0. The summed E-state index contributed by atoms with van der Waals surface area (Å²) >= 11 is 0. The van der Waals surface area contributed by atoms with E-state index in [1.165, 1.54) is 4.90 Å². The number of carbonyl (C=O) groups excluding carboxylic acids is 4. The highest BCUT2D eigenvalue weighted by Crippen LogP contribution is 2.28. The average molecular weight is 474 g/mol. The molecule has 2 saturated heterocycles. The van der Waals surface area contributed by atoms with E-state index in [0.29, 0.717) is 43.0 Å². The minimum Gasteiger partial charge on any atom is -0.342 e. The molecule has 2 aromatic carbocycles. The van der Waals surface area contributed by atoms with Gasteiger partial charge in [0.25, 0.3) is 17.7 Å². The van der Waals surface area contributed by atoms with Gasteiger partial charge in [-0.2, -0.15) is 0 Å². The second kappa shape index (κ2) is 9.64. The number of fused-ring (bicyclic) bond motifs is 1. The van der Waals surface area contributed by atoms with Gasteiger partial charge < -0.3 is 9.80 Å². The zero-order valence-corrected chi connectivity index (χ0v) is 20.1. The zero-order valence-electron chi connectivity index (χ0n) is 20.1. The summed E-state index contributed by atoms with van der Waals surface area (Å²) in [5.74, 6) is 0.0102.